The van der Waals surface area contributed by atoms with Crippen molar-refractivity contribution in [1.29, 1.82) is 0 Å². The normalized spacial score (nSPS) is 11.0. The first-order valence-corrected chi connectivity index (χ1v) is 12.0. The minimum absolute atomic E-state index is 0.0494. The molecule has 0 aliphatic carbocycles. The van der Waals surface area contributed by atoms with E-state index < -0.39 is 0 Å². The highest BCUT2D eigenvalue weighted by Crippen LogP contribution is 2.32. The monoisotopic (exact) mass is 449 g/mol. The molecule has 0 unspecified atom stereocenters. The molecule has 0 aliphatic rings. The average molecular weight is 450 g/mol. The Balaban J connectivity index is 1.50. The Labute approximate surface area is 189 Å². The summed E-state index contributed by atoms with van der Waals surface area (Å²) < 4.78 is 2.30. The van der Waals surface area contributed by atoms with Gasteiger partial charge in [0.1, 0.15) is 4.70 Å². The number of hydrogen-bond donors (Lipinski definition) is 1. The molecule has 0 spiro atoms. The number of carbonyl (C=O) groups excluding carboxylic acids is 1. The highest BCUT2D eigenvalue weighted by atomic mass is 32.2. The molecule has 158 valence electrons. The molecule has 0 saturated carbocycles. The fraction of sp³-hybridized carbons (Fsp3) is 0.208. The first-order chi connectivity index (χ1) is 15.2. The van der Waals surface area contributed by atoms with Gasteiger partial charge in [0.25, 0.3) is 5.56 Å². The molecule has 4 rings (SSSR count). The summed E-state index contributed by atoms with van der Waals surface area (Å²) in [5.41, 5.74) is 3.83. The van der Waals surface area contributed by atoms with Crippen molar-refractivity contribution in [3.8, 4) is 11.1 Å². The number of benzene rings is 2. The van der Waals surface area contributed by atoms with Crippen LogP contribution in [0.2, 0.25) is 0 Å². The van der Waals surface area contributed by atoms with Crippen LogP contribution in [0.3, 0.4) is 0 Å². The van der Waals surface area contributed by atoms with Crippen LogP contribution >= 0.6 is 23.1 Å². The number of carbonyl (C=O) groups is 1. The van der Waals surface area contributed by atoms with Gasteiger partial charge in [0, 0.05) is 24.0 Å². The number of thioether (sulfide) groups is 1. The van der Waals surface area contributed by atoms with Crippen LogP contribution in [0, 0.1) is 0 Å². The summed E-state index contributed by atoms with van der Waals surface area (Å²) in [6.45, 7) is 3.02. The first kappa shape index (κ1) is 21.3. The van der Waals surface area contributed by atoms with Gasteiger partial charge in [-0.15, -0.1) is 11.3 Å². The van der Waals surface area contributed by atoms with Crippen LogP contribution in [0.15, 0.2) is 76.0 Å². The Morgan fingerprint density at radius 1 is 1.10 bits per heavy atom. The highest BCUT2D eigenvalue weighted by molar-refractivity contribution is 7.99. The Hall–Kier alpha value is -2.90. The molecule has 0 fully saturated rings. The van der Waals surface area contributed by atoms with E-state index in [9.17, 15) is 9.59 Å². The summed E-state index contributed by atoms with van der Waals surface area (Å²) >= 11 is 2.73. The van der Waals surface area contributed by atoms with Crippen molar-refractivity contribution in [1.82, 2.24) is 14.9 Å². The van der Waals surface area contributed by atoms with Gasteiger partial charge in [0.15, 0.2) is 5.16 Å². The summed E-state index contributed by atoms with van der Waals surface area (Å²) in [6, 6.07) is 20.0. The van der Waals surface area contributed by atoms with Crippen molar-refractivity contribution in [3.63, 3.8) is 0 Å². The average Bonchev–Trinajstić information content (AvgIpc) is 3.23. The minimum Gasteiger partial charge on any atom is -0.355 e. The van der Waals surface area contributed by atoms with E-state index in [0.29, 0.717) is 28.5 Å². The summed E-state index contributed by atoms with van der Waals surface area (Å²) in [5, 5.41) is 5.51. The van der Waals surface area contributed by atoms with E-state index >= 15 is 0 Å². The van der Waals surface area contributed by atoms with Crippen molar-refractivity contribution >= 4 is 39.2 Å². The zero-order valence-corrected chi connectivity index (χ0v) is 18.8. The predicted octanol–water partition coefficient (Wildman–Crippen LogP) is 4.60. The maximum Gasteiger partial charge on any atom is 0.272 e. The van der Waals surface area contributed by atoms with Crippen molar-refractivity contribution < 1.29 is 4.79 Å². The number of amides is 1. The van der Waals surface area contributed by atoms with Gasteiger partial charge in [0.05, 0.1) is 11.3 Å². The number of nitrogens with zero attached hydrogens (tertiary/aromatic N) is 2. The Bertz CT molecular complexity index is 1230. The summed E-state index contributed by atoms with van der Waals surface area (Å²) in [4.78, 5) is 30.2. The van der Waals surface area contributed by atoms with Gasteiger partial charge in [-0.05, 0) is 24.5 Å². The smallest absolute Gasteiger partial charge is 0.272 e. The van der Waals surface area contributed by atoms with Gasteiger partial charge in [0.2, 0.25) is 5.91 Å². The molecule has 1 amide bonds. The molecule has 1 N–H and O–H groups in total. The molecule has 5 nitrogen and oxygen atoms in total. The van der Waals surface area contributed by atoms with Gasteiger partial charge in [-0.1, -0.05) is 72.4 Å². The quantitative estimate of drug-likeness (QED) is 0.316. The molecular formula is C24H23N3O2S2. The molecule has 7 heteroatoms. The van der Waals surface area contributed by atoms with E-state index in [2.05, 4.69) is 5.32 Å². The standard InChI is InChI=1S/C24H23N3O2S2/c1-2-27-23(29)22-21(19(15-30-22)18-11-7-4-8-12-18)26-24(27)31-16-20(28)25-14-13-17-9-5-3-6-10-17/h3-12,15H,2,13-14,16H2,1H3,(H,25,28). The lowest BCUT2D eigenvalue weighted by Crippen LogP contribution is -2.28. The van der Waals surface area contributed by atoms with E-state index in [-0.39, 0.29) is 17.2 Å². The molecule has 0 saturated heterocycles. The van der Waals surface area contributed by atoms with Crippen LogP contribution in [-0.4, -0.2) is 27.8 Å². The highest BCUT2D eigenvalue weighted by Gasteiger charge is 2.17. The number of rotatable bonds is 8. The van der Waals surface area contributed by atoms with Crippen molar-refractivity contribution in [2.45, 2.75) is 25.0 Å². The fourth-order valence-electron chi connectivity index (χ4n) is 3.36. The summed E-state index contributed by atoms with van der Waals surface area (Å²) in [6.07, 6.45) is 0.788. The zero-order valence-electron chi connectivity index (χ0n) is 17.2. The van der Waals surface area contributed by atoms with Crippen molar-refractivity contribution in [2.75, 3.05) is 12.3 Å². The van der Waals surface area contributed by atoms with E-state index in [0.717, 1.165) is 17.5 Å². The van der Waals surface area contributed by atoms with Crippen molar-refractivity contribution in [3.05, 3.63) is 82.0 Å². The molecule has 4 aromatic rings. The molecule has 2 aromatic carbocycles. The lowest BCUT2D eigenvalue weighted by molar-refractivity contribution is -0.118. The number of fused-ring (bicyclic) bond motifs is 1. The second-order valence-electron chi connectivity index (χ2n) is 7.01. The summed E-state index contributed by atoms with van der Waals surface area (Å²) in [5.74, 6) is 0.156. The topological polar surface area (TPSA) is 64.0 Å². The van der Waals surface area contributed by atoms with Gasteiger partial charge < -0.3 is 5.32 Å². The van der Waals surface area contributed by atoms with E-state index in [4.69, 9.17) is 4.98 Å². The summed E-state index contributed by atoms with van der Waals surface area (Å²) in [7, 11) is 0. The molecular weight excluding hydrogens is 426 g/mol. The van der Waals surface area contributed by atoms with Crippen LogP contribution in [0.1, 0.15) is 12.5 Å². The Morgan fingerprint density at radius 2 is 1.81 bits per heavy atom. The van der Waals surface area contributed by atoms with Crippen LogP contribution in [0.4, 0.5) is 0 Å². The first-order valence-electron chi connectivity index (χ1n) is 10.2. The number of thiophene rings is 1. The number of nitrogens with one attached hydrogen (secondary N) is 1. The zero-order chi connectivity index (χ0) is 21.6. The van der Waals surface area contributed by atoms with E-state index in [1.807, 2.05) is 73.0 Å². The lowest BCUT2D eigenvalue weighted by atomic mass is 10.1. The fourth-order valence-corrected chi connectivity index (χ4v) is 5.21. The van der Waals surface area contributed by atoms with Crippen LogP contribution in [-0.2, 0) is 17.8 Å². The third-order valence-corrected chi connectivity index (χ3v) is 6.89. The lowest BCUT2D eigenvalue weighted by Gasteiger charge is -2.11. The molecule has 0 radical (unpaired) electrons. The second kappa shape index (κ2) is 9.94. The largest absolute Gasteiger partial charge is 0.355 e. The van der Waals surface area contributed by atoms with E-state index in [1.54, 1.807) is 4.57 Å². The second-order valence-corrected chi connectivity index (χ2v) is 8.83. The van der Waals surface area contributed by atoms with E-state index in [1.165, 1.54) is 28.7 Å². The molecule has 31 heavy (non-hydrogen) atoms. The minimum atomic E-state index is -0.0634. The van der Waals surface area contributed by atoms with Gasteiger partial charge in [-0.25, -0.2) is 4.98 Å². The third kappa shape index (κ3) is 4.89. The third-order valence-electron chi connectivity index (χ3n) is 4.95. The molecule has 2 heterocycles. The Kier molecular flexibility index (Phi) is 6.84. The van der Waals surface area contributed by atoms with Crippen LogP contribution in [0.5, 0.6) is 0 Å². The molecule has 2 aromatic heterocycles. The SMILES string of the molecule is CCn1c(SCC(=O)NCCc2ccccc2)nc2c(-c3ccccc3)csc2c1=O. The molecule has 0 bridgehead atoms. The number of aromatic nitrogens is 2. The Morgan fingerprint density at radius 3 is 2.52 bits per heavy atom. The predicted molar refractivity (Wildman–Crippen MR) is 129 cm³/mol. The maximum atomic E-state index is 13.0. The van der Waals surface area contributed by atoms with Gasteiger partial charge >= 0.3 is 0 Å². The van der Waals surface area contributed by atoms with Gasteiger partial charge in [-0.3, -0.25) is 14.2 Å². The van der Waals surface area contributed by atoms with Crippen LogP contribution in [0.25, 0.3) is 21.3 Å². The molecule has 0 atom stereocenters. The maximum absolute atomic E-state index is 13.0. The van der Waals surface area contributed by atoms with Crippen molar-refractivity contribution in [2.24, 2.45) is 0 Å². The van der Waals surface area contributed by atoms with Gasteiger partial charge in [-0.2, -0.15) is 0 Å². The number of hydrogen-bond acceptors (Lipinski definition) is 5. The molecule has 0 aliphatic heterocycles. The van der Waals surface area contributed by atoms with Crippen LogP contribution < -0.4 is 10.9 Å².